The molecule has 0 aliphatic heterocycles. The molecule has 2 aromatic heterocycles. The summed E-state index contributed by atoms with van der Waals surface area (Å²) in [5.74, 6) is 2.50. The van der Waals surface area contributed by atoms with E-state index in [1.807, 2.05) is 37.3 Å². The molecule has 21 heavy (non-hydrogen) atoms. The van der Waals surface area contributed by atoms with Crippen molar-refractivity contribution in [1.29, 1.82) is 0 Å². The van der Waals surface area contributed by atoms with Gasteiger partial charge in [0.25, 0.3) is 5.78 Å². The smallest absolute Gasteiger partial charge is 0.254 e. The number of alkyl halides is 1. The molecule has 1 aromatic carbocycles. The van der Waals surface area contributed by atoms with Gasteiger partial charge in [0.2, 0.25) is 0 Å². The number of halogens is 2. The molecule has 108 valence electrons. The highest BCUT2D eigenvalue weighted by molar-refractivity contribution is 6.30. The van der Waals surface area contributed by atoms with Crippen molar-refractivity contribution >= 4 is 40.5 Å². The summed E-state index contributed by atoms with van der Waals surface area (Å²) in [7, 11) is 0. The lowest BCUT2D eigenvalue weighted by molar-refractivity contribution is 0.884. The summed E-state index contributed by atoms with van der Waals surface area (Å²) in [6, 6.07) is 9.40. The minimum atomic E-state index is 0.479. The minimum absolute atomic E-state index is 0.479. The number of anilines is 2. The van der Waals surface area contributed by atoms with Gasteiger partial charge in [-0.2, -0.15) is 9.50 Å². The van der Waals surface area contributed by atoms with Gasteiger partial charge in [0.15, 0.2) is 5.82 Å². The average molecular weight is 322 g/mol. The molecule has 1 N–H and O–H groups in total. The van der Waals surface area contributed by atoms with E-state index in [9.17, 15) is 0 Å². The van der Waals surface area contributed by atoms with Crippen LogP contribution in [0.25, 0.3) is 5.78 Å². The van der Waals surface area contributed by atoms with Crippen LogP contribution in [0.5, 0.6) is 0 Å². The van der Waals surface area contributed by atoms with E-state index in [1.54, 1.807) is 4.52 Å². The second kappa shape index (κ2) is 5.87. The zero-order valence-corrected chi connectivity index (χ0v) is 12.9. The van der Waals surface area contributed by atoms with Crippen LogP contribution in [0.2, 0.25) is 5.02 Å². The van der Waals surface area contributed by atoms with Crippen LogP contribution in [0.15, 0.2) is 30.3 Å². The highest BCUT2D eigenvalue weighted by Gasteiger charge is 2.10. The molecule has 0 aliphatic carbocycles. The summed E-state index contributed by atoms with van der Waals surface area (Å²) in [6.45, 7) is 1.92. The minimum Gasteiger partial charge on any atom is -0.340 e. The van der Waals surface area contributed by atoms with Crippen LogP contribution in [-0.4, -0.2) is 25.5 Å². The number of aryl methyl sites for hydroxylation is 2. The third-order valence-electron chi connectivity index (χ3n) is 2.90. The van der Waals surface area contributed by atoms with Crippen LogP contribution in [0.1, 0.15) is 11.5 Å². The monoisotopic (exact) mass is 321 g/mol. The van der Waals surface area contributed by atoms with Gasteiger partial charge in [-0.05, 0) is 25.1 Å². The van der Waals surface area contributed by atoms with E-state index in [2.05, 4.69) is 20.4 Å². The van der Waals surface area contributed by atoms with Crippen molar-refractivity contribution in [3.05, 3.63) is 46.9 Å². The Morgan fingerprint density at radius 2 is 2.10 bits per heavy atom. The SMILES string of the molecule is Cc1cc(Nc2cccc(Cl)c2)n2nc(CCCl)nc2n1. The Kier molecular flexibility index (Phi) is 3.94. The molecule has 5 nitrogen and oxygen atoms in total. The maximum absolute atomic E-state index is 6.00. The van der Waals surface area contributed by atoms with Gasteiger partial charge in [-0.1, -0.05) is 17.7 Å². The fourth-order valence-corrected chi connectivity index (χ4v) is 2.38. The molecule has 3 aromatic rings. The molecule has 0 spiro atoms. The molecule has 0 unspecified atom stereocenters. The third-order valence-corrected chi connectivity index (χ3v) is 3.32. The van der Waals surface area contributed by atoms with Crippen molar-refractivity contribution in [3.63, 3.8) is 0 Å². The molecule has 0 atom stereocenters. The molecule has 0 saturated heterocycles. The van der Waals surface area contributed by atoms with E-state index in [0.29, 0.717) is 28.9 Å². The van der Waals surface area contributed by atoms with E-state index >= 15 is 0 Å². The van der Waals surface area contributed by atoms with Crippen LogP contribution >= 0.6 is 23.2 Å². The van der Waals surface area contributed by atoms with E-state index in [-0.39, 0.29) is 0 Å². The summed E-state index contributed by atoms with van der Waals surface area (Å²) in [6.07, 6.45) is 0.612. The average Bonchev–Trinajstić information content (AvgIpc) is 2.81. The van der Waals surface area contributed by atoms with Crippen molar-refractivity contribution in [2.45, 2.75) is 13.3 Å². The van der Waals surface area contributed by atoms with Gasteiger partial charge in [0, 0.05) is 34.8 Å². The first-order valence-corrected chi connectivity index (χ1v) is 7.39. The number of fused-ring (bicyclic) bond motifs is 1. The molecule has 0 aliphatic rings. The Hall–Kier alpha value is -1.85. The fourth-order valence-electron chi connectivity index (χ4n) is 2.02. The molecule has 0 saturated carbocycles. The van der Waals surface area contributed by atoms with Crippen LogP contribution in [0.4, 0.5) is 11.5 Å². The predicted octanol–water partition coefficient (Wildman–Crippen LogP) is 3.61. The van der Waals surface area contributed by atoms with Crippen LogP contribution in [0, 0.1) is 6.92 Å². The molecule has 7 heteroatoms. The van der Waals surface area contributed by atoms with E-state index < -0.39 is 0 Å². The number of rotatable bonds is 4. The maximum Gasteiger partial charge on any atom is 0.254 e. The van der Waals surface area contributed by atoms with Crippen molar-refractivity contribution in [1.82, 2.24) is 19.6 Å². The molecule has 0 radical (unpaired) electrons. The molecule has 3 rings (SSSR count). The number of benzene rings is 1. The molecule has 0 amide bonds. The van der Waals surface area contributed by atoms with Crippen molar-refractivity contribution < 1.29 is 0 Å². The first-order chi connectivity index (χ1) is 10.2. The zero-order chi connectivity index (χ0) is 14.8. The number of hydrogen-bond donors (Lipinski definition) is 1. The van der Waals surface area contributed by atoms with Crippen molar-refractivity contribution in [2.24, 2.45) is 0 Å². The summed E-state index contributed by atoms with van der Waals surface area (Å²) in [5.41, 5.74) is 1.74. The lowest BCUT2D eigenvalue weighted by Gasteiger charge is -2.08. The van der Waals surface area contributed by atoms with Gasteiger partial charge in [-0.15, -0.1) is 16.7 Å². The topological polar surface area (TPSA) is 55.1 Å². The number of aromatic nitrogens is 4. The highest BCUT2D eigenvalue weighted by atomic mass is 35.5. The van der Waals surface area contributed by atoms with Crippen LogP contribution in [-0.2, 0) is 6.42 Å². The number of hydrogen-bond acceptors (Lipinski definition) is 4. The van der Waals surface area contributed by atoms with Gasteiger partial charge in [0.1, 0.15) is 5.82 Å². The second-order valence-electron chi connectivity index (χ2n) is 4.60. The molecular formula is C14H13Cl2N5. The maximum atomic E-state index is 6.00. The third kappa shape index (κ3) is 3.09. The summed E-state index contributed by atoms with van der Waals surface area (Å²) in [5, 5.41) is 8.38. The fraction of sp³-hybridized carbons (Fsp3) is 0.214. The van der Waals surface area contributed by atoms with Crippen LogP contribution in [0.3, 0.4) is 0 Å². The first kappa shape index (κ1) is 14.1. The highest BCUT2D eigenvalue weighted by Crippen LogP contribution is 2.21. The Bertz CT molecular complexity index is 784. The van der Waals surface area contributed by atoms with Crippen molar-refractivity contribution in [3.8, 4) is 0 Å². The number of nitrogens with one attached hydrogen (secondary N) is 1. The second-order valence-corrected chi connectivity index (χ2v) is 5.41. The Morgan fingerprint density at radius 1 is 1.24 bits per heavy atom. The van der Waals surface area contributed by atoms with Gasteiger partial charge in [-0.25, -0.2) is 4.98 Å². The summed E-state index contributed by atoms with van der Waals surface area (Å²) < 4.78 is 1.68. The first-order valence-electron chi connectivity index (χ1n) is 6.47. The normalized spacial score (nSPS) is 11.0. The molecule has 0 fully saturated rings. The zero-order valence-electron chi connectivity index (χ0n) is 11.3. The van der Waals surface area contributed by atoms with E-state index in [0.717, 1.165) is 17.2 Å². The Morgan fingerprint density at radius 3 is 2.86 bits per heavy atom. The molecular weight excluding hydrogens is 309 g/mol. The summed E-state index contributed by atoms with van der Waals surface area (Å²) in [4.78, 5) is 8.75. The largest absolute Gasteiger partial charge is 0.340 e. The van der Waals surface area contributed by atoms with Gasteiger partial charge < -0.3 is 5.32 Å². The molecule has 2 heterocycles. The van der Waals surface area contributed by atoms with Gasteiger partial charge in [-0.3, -0.25) is 0 Å². The van der Waals surface area contributed by atoms with Gasteiger partial charge >= 0.3 is 0 Å². The lowest BCUT2D eigenvalue weighted by atomic mass is 10.3. The van der Waals surface area contributed by atoms with E-state index in [1.165, 1.54) is 0 Å². The Labute approximate surface area is 131 Å². The quantitative estimate of drug-likeness (QED) is 0.746. The predicted molar refractivity (Wildman–Crippen MR) is 84.7 cm³/mol. The Balaban J connectivity index is 2.04. The lowest BCUT2D eigenvalue weighted by Crippen LogP contribution is -2.02. The van der Waals surface area contributed by atoms with Gasteiger partial charge in [0.05, 0.1) is 0 Å². The van der Waals surface area contributed by atoms with E-state index in [4.69, 9.17) is 23.2 Å². The van der Waals surface area contributed by atoms with Crippen LogP contribution < -0.4 is 5.32 Å². The molecule has 0 bridgehead atoms. The summed E-state index contributed by atoms with van der Waals surface area (Å²) >= 11 is 11.7. The number of nitrogens with zero attached hydrogens (tertiary/aromatic N) is 4. The van der Waals surface area contributed by atoms with Crippen molar-refractivity contribution in [2.75, 3.05) is 11.2 Å². The standard InChI is InChI=1S/C14H13Cl2N5/c1-9-7-13(18-11-4-2-3-10(16)8-11)21-14(17-9)19-12(20-21)5-6-15/h2-4,7-8,18H,5-6H2,1H3.